The highest BCUT2D eigenvalue weighted by Crippen LogP contribution is 2.63. The number of allylic oxidation sites excluding steroid dienone is 1. The highest BCUT2D eigenvalue weighted by Gasteiger charge is 2.56. The van der Waals surface area contributed by atoms with Gasteiger partial charge in [0.15, 0.2) is 0 Å². The molecule has 0 bridgehead atoms. The van der Waals surface area contributed by atoms with Crippen LogP contribution in [0.2, 0.25) is 0 Å². The molecule has 0 aromatic heterocycles. The first-order valence-corrected chi connectivity index (χ1v) is 15.7. The van der Waals surface area contributed by atoms with Gasteiger partial charge in [0.1, 0.15) is 0 Å². The van der Waals surface area contributed by atoms with E-state index >= 15 is 0 Å². The predicted octanol–water partition coefficient (Wildman–Crippen LogP) is 10.1. The Morgan fingerprint density at radius 3 is 2.25 bits per heavy atom. The smallest absolute Gasteiger partial charge is 0.0372 e. The molecule has 3 atom stereocenters. The number of rotatable bonds is 7. The van der Waals surface area contributed by atoms with E-state index in [4.69, 9.17) is 6.42 Å². The summed E-state index contributed by atoms with van der Waals surface area (Å²) in [4.78, 5) is 2.51. The zero-order chi connectivity index (χ0) is 30.3. The van der Waals surface area contributed by atoms with Crippen molar-refractivity contribution < 1.29 is 0 Å². The van der Waals surface area contributed by atoms with Crippen molar-refractivity contribution in [3.63, 3.8) is 0 Å². The van der Waals surface area contributed by atoms with Crippen LogP contribution in [0, 0.1) is 31.1 Å². The summed E-state index contributed by atoms with van der Waals surface area (Å²) in [6.07, 6.45) is 15.1. The second-order valence-corrected chi connectivity index (χ2v) is 12.3. The van der Waals surface area contributed by atoms with Gasteiger partial charge in [-0.3, -0.25) is 4.90 Å². The van der Waals surface area contributed by atoms with Crippen molar-refractivity contribution in [1.29, 1.82) is 0 Å². The zero-order valence-corrected chi connectivity index (χ0v) is 27.6. The second-order valence-electron chi connectivity index (χ2n) is 12.3. The Morgan fingerprint density at radius 2 is 1.77 bits per heavy atom. The van der Waals surface area contributed by atoms with Gasteiger partial charge in [0.05, 0.1) is 0 Å². The van der Waals surface area contributed by atoms with Gasteiger partial charge >= 0.3 is 0 Å². The van der Waals surface area contributed by atoms with Gasteiger partial charge in [-0.2, -0.15) is 0 Å². The molecule has 4 rings (SSSR count). The minimum atomic E-state index is 0.513. The molecule has 0 radical (unpaired) electrons. The summed E-state index contributed by atoms with van der Waals surface area (Å²) >= 11 is 0. The van der Waals surface area contributed by atoms with Gasteiger partial charge in [0.2, 0.25) is 0 Å². The minimum Gasteiger partial charge on any atom is -0.388 e. The molecule has 0 saturated heterocycles. The quantitative estimate of drug-likeness (QED) is 0.275. The average Bonchev–Trinajstić information content (AvgIpc) is 3.67. The SMILES string of the molecule is C#Cc1cccc(C23CCC(C)CC2C3)c1.C=CC.CCCN(C(C)C)C(C)C.CCc1ccc(C)cc1NC. The number of nitrogens with zero attached hydrogens (tertiary/aromatic N) is 1. The minimum absolute atomic E-state index is 0.513. The molecule has 2 saturated carbocycles. The maximum atomic E-state index is 5.48. The Hall–Kier alpha value is -2.50. The number of fused-ring (bicyclic) bond motifs is 1. The van der Waals surface area contributed by atoms with Crippen molar-refractivity contribution in [2.45, 2.75) is 118 Å². The lowest BCUT2D eigenvalue weighted by atomic mass is 9.78. The predicted molar refractivity (Wildman–Crippen MR) is 180 cm³/mol. The van der Waals surface area contributed by atoms with Gasteiger partial charge in [0.25, 0.3) is 0 Å². The molecule has 0 amide bonds. The molecular formula is C38H60N2. The third-order valence-corrected chi connectivity index (χ3v) is 8.33. The number of terminal acetylenes is 1. The summed E-state index contributed by atoms with van der Waals surface area (Å²) in [5, 5.41) is 3.19. The molecule has 0 heterocycles. The maximum Gasteiger partial charge on any atom is 0.0372 e. The van der Waals surface area contributed by atoms with Crippen molar-refractivity contribution in [2.75, 3.05) is 18.9 Å². The van der Waals surface area contributed by atoms with Crippen molar-refractivity contribution in [2.24, 2.45) is 11.8 Å². The molecule has 0 spiro atoms. The van der Waals surface area contributed by atoms with Gasteiger partial charge in [-0.25, -0.2) is 0 Å². The van der Waals surface area contributed by atoms with Gasteiger partial charge in [-0.15, -0.1) is 13.0 Å². The van der Waals surface area contributed by atoms with Gasteiger partial charge < -0.3 is 5.32 Å². The summed E-state index contributed by atoms with van der Waals surface area (Å²) in [6, 6.07) is 16.6. The monoisotopic (exact) mass is 544 g/mol. The number of hydrogen-bond acceptors (Lipinski definition) is 2. The summed E-state index contributed by atoms with van der Waals surface area (Å²) in [7, 11) is 1.97. The Kier molecular flexibility index (Phi) is 16.0. The van der Waals surface area contributed by atoms with Crippen LogP contribution in [0.1, 0.15) is 110 Å². The average molecular weight is 545 g/mol. The van der Waals surface area contributed by atoms with Gasteiger partial charge in [0, 0.05) is 30.4 Å². The summed E-state index contributed by atoms with van der Waals surface area (Å²) in [5.41, 5.74) is 7.01. The number of anilines is 1. The maximum absolute atomic E-state index is 5.48. The number of benzene rings is 2. The zero-order valence-electron chi connectivity index (χ0n) is 27.6. The standard InChI is InChI=1S/C16H18.C10H15N.C9H21N.C3H6/c1-3-13-5-4-6-14(10-13)16-8-7-12(2)9-15(16)11-16;1-4-9-6-5-8(2)7-10(9)11-3;1-6-7-10(8(2)3)9(4)5;1-3-2/h1,4-6,10,12,15H,7-9,11H2,2H3;5-7,11H,4H2,1-3H3;8-9H,6-7H2,1-5H3;3H,1H2,2H3. The molecule has 2 aliphatic rings. The molecule has 0 aliphatic heterocycles. The molecule has 2 nitrogen and oxygen atoms in total. The van der Waals surface area contributed by atoms with Crippen molar-refractivity contribution in [3.05, 3.63) is 77.4 Å². The lowest BCUT2D eigenvalue weighted by Gasteiger charge is -2.29. The molecule has 40 heavy (non-hydrogen) atoms. The van der Waals surface area contributed by atoms with Crippen LogP contribution in [-0.4, -0.2) is 30.6 Å². The van der Waals surface area contributed by atoms with Gasteiger partial charge in [-0.1, -0.05) is 57.0 Å². The lowest BCUT2D eigenvalue weighted by Crippen LogP contribution is -2.37. The molecular weight excluding hydrogens is 484 g/mol. The summed E-state index contributed by atoms with van der Waals surface area (Å²) in [5.74, 6) is 4.61. The molecule has 2 aromatic rings. The first kappa shape index (κ1) is 35.5. The number of nitrogens with one attached hydrogen (secondary N) is 1. The van der Waals surface area contributed by atoms with Crippen molar-refractivity contribution in [1.82, 2.24) is 4.90 Å². The number of hydrogen-bond donors (Lipinski definition) is 1. The van der Waals surface area contributed by atoms with Crippen molar-refractivity contribution in [3.8, 4) is 12.3 Å². The van der Waals surface area contributed by atoms with E-state index in [0.29, 0.717) is 17.5 Å². The van der Waals surface area contributed by atoms with E-state index < -0.39 is 0 Å². The normalized spacial score (nSPS) is 20.5. The molecule has 2 heteroatoms. The van der Waals surface area contributed by atoms with Crippen LogP contribution < -0.4 is 5.32 Å². The largest absolute Gasteiger partial charge is 0.388 e. The Bertz CT molecular complexity index is 1040. The Labute approximate surface area is 249 Å². The topological polar surface area (TPSA) is 15.3 Å². The highest BCUT2D eigenvalue weighted by atomic mass is 15.2. The fourth-order valence-electron chi connectivity index (χ4n) is 6.12. The first-order chi connectivity index (χ1) is 19.0. The molecule has 222 valence electrons. The molecule has 1 N–H and O–H groups in total. The van der Waals surface area contributed by atoms with E-state index in [1.165, 1.54) is 61.0 Å². The molecule has 2 aromatic carbocycles. The van der Waals surface area contributed by atoms with Crippen molar-refractivity contribution >= 4 is 5.69 Å². The summed E-state index contributed by atoms with van der Waals surface area (Å²) in [6.45, 7) is 24.4. The third kappa shape index (κ3) is 10.8. The van der Waals surface area contributed by atoms with Crippen LogP contribution in [0.15, 0.2) is 55.1 Å². The fraction of sp³-hybridized carbons (Fsp3) is 0.579. The highest BCUT2D eigenvalue weighted by molar-refractivity contribution is 5.52. The Balaban J connectivity index is 0.000000297. The van der Waals surface area contributed by atoms with Crippen LogP contribution in [0.5, 0.6) is 0 Å². The second kappa shape index (κ2) is 18.0. The van der Waals surface area contributed by atoms with E-state index in [2.05, 4.69) is 115 Å². The van der Waals surface area contributed by atoms with E-state index in [9.17, 15) is 0 Å². The molecule has 2 aliphatic carbocycles. The van der Waals surface area contributed by atoms with Crippen LogP contribution in [0.25, 0.3) is 0 Å². The van der Waals surface area contributed by atoms with E-state index in [1.807, 2.05) is 20.0 Å². The first-order valence-electron chi connectivity index (χ1n) is 15.7. The van der Waals surface area contributed by atoms with E-state index in [0.717, 1.165) is 23.8 Å². The van der Waals surface area contributed by atoms with E-state index in [1.54, 1.807) is 6.08 Å². The fourth-order valence-corrected chi connectivity index (χ4v) is 6.12. The number of aryl methyl sites for hydroxylation is 2. The molecule has 3 unspecified atom stereocenters. The summed E-state index contributed by atoms with van der Waals surface area (Å²) < 4.78 is 0. The molecule has 2 fully saturated rings. The van der Waals surface area contributed by atoms with Crippen LogP contribution >= 0.6 is 0 Å². The van der Waals surface area contributed by atoms with E-state index in [-0.39, 0.29) is 0 Å². The lowest BCUT2D eigenvalue weighted by molar-refractivity contribution is 0.175. The Morgan fingerprint density at radius 1 is 1.12 bits per heavy atom. The van der Waals surface area contributed by atoms with Gasteiger partial charge in [-0.05, 0) is 139 Å². The van der Waals surface area contributed by atoms with Crippen LogP contribution in [-0.2, 0) is 11.8 Å². The van der Waals surface area contributed by atoms with Crippen LogP contribution in [0.4, 0.5) is 5.69 Å². The third-order valence-electron chi connectivity index (χ3n) is 8.33. The van der Waals surface area contributed by atoms with Crippen LogP contribution in [0.3, 0.4) is 0 Å².